The van der Waals surface area contributed by atoms with E-state index in [4.69, 9.17) is 23.5 Å². The summed E-state index contributed by atoms with van der Waals surface area (Å²) in [7, 11) is -4.36. The van der Waals surface area contributed by atoms with E-state index in [9.17, 15) is 14.6 Å². The third kappa shape index (κ3) is 7.00. The van der Waals surface area contributed by atoms with Gasteiger partial charge in [-0.05, 0) is 48.0 Å². The molecule has 10 heteroatoms. The van der Waals surface area contributed by atoms with Crippen LogP contribution in [0, 0.1) is 0 Å². The maximum Gasteiger partial charge on any atom is 0.204 e. The summed E-state index contributed by atoms with van der Waals surface area (Å²) in [6, 6.07) is -0.422. The van der Waals surface area contributed by atoms with Crippen LogP contribution in [-0.2, 0) is 28.0 Å². The maximum atomic E-state index is 12.5. The first-order valence-electron chi connectivity index (χ1n) is 9.98. The highest BCUT2D eigenvalue weighted by atomic mass is 31.2. The van der Waals surface area contributed by atoms with E-state index in [1.165, 1.54) is 0 Å². The lowest BCUT2D eigenvalue weighted by molar-refractivity contribution is -0.207. The van der Waals surface area contributed by atoms with E-state index in [2.05, 4.69) is 5.09 Å². The number of hydrogen-bond donors (Lipinski definition) is 2. The number of ether oxygens (including phenoxy) is 4. The smallest absolute Gasteiger partial charge is 0.204 e. The van der Waals surface area contributed by atoms with Crippen molar-refractivity contribution in [2.75, 3.05) is 13.2 Å². The summed E-state index contributed by atoms with van der Waals surface area (Å²) in [6.45, 7) is 11.2. The van der Waals surface area contributed by atoms with Crippen LogP contribution in [0.2, 0.25) is 0 Å². The topological polar surface area (TPSA) is 119 Å². The molecule has 2 fully saturated rings. The van der Waals surface area contributed by atoms with Gasteiger partial charge in [-0.1, -0.05) is 0 Å². The number of hydrogen-bond acceptors (Lipinski definition) is 8. The van der Waals surface area contributed by atoms with Crippen molar-refractivity contribution in [3.05, 3.63) is 0 Å². The summed E-state index contributed by atoms with van der Waals surface area (Å²) in [5.74, 6) is 0. The molecule has 8 atom stereocenters. The molecular formula is C18H35NO8P-. The first kappa shape index (κ1) is 24.2. The summed E-state index contributed by atoms with van der Waals surface area (Å²) in [5, 5.41) is 12.8. The predicted octanol–water partition coefficient (Wildman–Crippen LogP) is 0.974. The average Bonchev–Trinajstić information content (AvgIpc) is 3.04. The maximum absolute atomic E-state index is 12.5. The van der Waals surface area contributed by atoms with Crippen LogP contribution in [0.1, 0.15) is 48.0 Å². The number of nitrogens with one attached hydrogen (secondary N) is 1. The van der Waals surface area contributed by atoms with E-state index < -0.39 is 38.2 Å². The second-order valence-electron chi connectivity index (χ2n) is 8.15. The van der Waals surface area contributed by atoms with Crippen LogP contribution in [0.3, 0.4) is 0 Å². The van der Waals surface area contributed by atoms with Crippen LogP contribution in [0.25, 0.3) is 0 Å². The normalized spacial score (nSPS) is 38.4. The molecule has 2 heterocycles. The molecule has 28 heavy (non-hydrogen) atoms. The molecule has 0 aromatic carbocycles. The zero-order valence-electron chi connectivity index (χ0n) is 17.6. The molecule has 2 N–H and O–H groups in total. The van der Waals surface area contributed by atoms with E-state index in [1.807, 2.05) is 34.6 Å². The monoisotopic (exact) mass is 424 g/mol. The van der Waals surface area contributed by atoms with Gasteiger partial charge in [0.2, 0.25) is 7.75 Å². The summed E-state index contributed by atoms with van der Waals surface area (Å²) < 4.78 is 40.3. The molecule has 0 radical (unpaired) electrons. The van der Waals surface area contributed by atoms with Gasteiger partial charge in [-0.3, -0.25) is 9.65 Å². The molecule has 2 aliphatic rings. The summed E-state index contributed by atoms with van der Waals surface area (Å²) in [6.07, 6.45) is -2.62. The molecule has 2 aliphatic heterocycles. The highest BCUT2D eigenvalue weighted by Gasteiger charge is 2.43. The highest BCUT2D eigenvalue weighted by molar-refractivity contribution is 7.49. The van der Waals surface area contributed by atoms with Gasteiger partial charge in [0.15, 0.2) is 0 Å². The SMILES string of the molecule is CC(C)OC[C@H]1O[C@@H](C)CC1NP(=O)([O-])OC[C@H]1O[C@@H](C)C(O)C1OC(C)C. The third-order valence-corrected chi connectivity index (χ3v) is 5.91. The van der Waals surface area contributed by atoms with Crippen molar-refractivity contribution in [1.29, 1.82) is 0 Å². The van der Waals surface area contributed by atoms with Gasteiger partial charge < -0.3 is 33.5 Å². The van der Waals surface area contributed by atoms with Gasteiger partial charge in [-0.15, -0.1) is 0 Å². The Morgan fingerprint density at radius 3 is 2.43 bits per heavy atom. The summed E-state index contributed by atoms with van der Waals surface area (Å²) in [4.78, 5) is 12.5. The van der Waals surface area contributed by atoms with Crippen molar-refractivity contribution < 1.29 is 38.0 Å². The molecular weight excluding hydrogens is 389 g/mol. The predicted molar refractivity (Wildman–Crippen MR) is 101 cm³/mol. The molecule has 0 bridgehead atoms. The molecule has 2 rings (SSSR count). The zero-order chi connectivity index (χ0) is 21.1. The molecule has 4 unspecified atom stereocenters. The quantitative estimate of drug-likeness (QED) is 0.495. The Bertz CT molecular complexity index is 534. The molecule has 0 amide bonds. The molecule has 0 aromatic rings. The van der Waals surface area contributed by atoms with Crippen LogP contribution < -0.4 is 9.98 Å². The van der Waals surface area contributed by atoms with Gasteiger partial charge in [0.1, 0.15) is 18.3 Å². The second-order valence-corrected chi connectivity index (χ2v) is 9.66. The van der Waals surface area contributed by atoms with Crippen LogP contribution in [-0.4, -0.2) is 73.2 Å². The van der Waals surface area contributed by atoms with E-state index in [0.717, 1.165) is 0 Å². The number of rotatable bonds is 10. The van der Waals surface area contributed by atoms with E-state index in [-0.39, 0.29) is 31.0 Å². The van der Waals surface area contributed by atoms with Crippen LogP contribution in [0.15, 0.2) is 0 Å². The molecule has 0 aliphatic carbocycles. The van der Waals surface area contributed by atoms with Gasteiger partial charge in [0.25, 0.3) is 0 Å². The fourth-order valence-electron chi connectivity index (χ4n) is 3.49. The minimum Gasteiger partial charge on any atom is -0.766 e. The second kappa shape index (κ2) is 10.3. The van der Waals surface area contributed by atoms with Crippen LogP contribution >= 0.6 is 7.75 Å². The highest BCUT2D eigenvalue weighted by Crippen LogP contribution is 2.37. The fourth-order valence-corrected chi connectivity index (χ4v) is 4.58. The molecule has 9 nitrogen and oxygen atoms in total. The summed E-state index contributed by atoms with van der Waals surface area (Å²) in [5.41, 5.74) is 0. The lowest BCUT2D eigenvalue weighted by atomic mass is 10.1. The fraction of sp³-hybridized carbons (Fsp3) is 1.00. The lowest BCUT2D eigenvalue weighted by Gasteiger charge is -2.31. The van der Waals surface area contributed by atoms with Gasteiger partial charge in [-0.2, -0.15) is 0 Å². The Labute approximate surface area is 167 Å². The standard InChI is InChI=1S/C18H36NO8P/c1-10(2)23-8-15-14(7-12(5)26-15)19-28(21,22)24-9-16-18(25-11(3)4)17(20)13(6)27-16/h10-18,20H,7-9H2,1-6H3,(H2,19,21,22)/p-1/t12-,13-,14?,15+,16+,17?,18?/m0/s1. The third-order valence-electron chi connectivity index (χ3n) is 4.77. The Morgan fingerprint density at radius 1 is 1.14 bits per heavy atom. The Balaban J connectivity index is 1.90. The van der Waals surface area contributed by atoms with E-state index >= 15 is 0 Å². The van der Waals surface area contributed by atoms with Crippen molar-refractivity contribution in [3.8, 4) is 0 Å². The molecule has 0 spiro atoms. The molecule has 0 aromatic heterocycles. The van der Waals surface area contributed by atoms with Crippen molar-refractivity contribution >= 4 is 7.75 Å². The van der Waals surface area contributed by atoms with Crippen molar-refractivity contribution in [1.82, 2.24) is 5.09 Å². The Hall–Kier alpha value is -0.0900. The molecule has 2 saturated heterocycles. The Morgan fingerprint density at radius 2 is 1.82 bits per heavy atom. The van der Waals surface area contributed by atoms with E-state index in [1.54, 1.807) is 6.92 Å². The minimum absolute atomic E-state index is 0.0290. The Kier molecular flexibility index (Phi) is 8.88. The molecule has 166 valence electrons. The van der Waals surface area contributed by atoms with Crippen LogP contribution in [0.5, 0.6) is 0 Å². The zero-order valence-corrected chi connectivity index (χ0v) is 18.5. The van der Waals surface area contributed by atoms with Gasteiger partial charge in [0, 0.05) is 6.04 Å². The van der Waals surface area contributed by atoms with Crippen LogP contribution in [0.4, 0.5) is 0 Å². The lowest BCUT2D eigenvalue weighted by Crippen LogP contribution is -2.42. The largest absolute Gasteiger partial charge is 0.766 e. The first-order valence-corrected chi connectivity index (χ1v) is 11.5. The van der Waals surface area contributed by atoms with Gasteiger partial charge in [0.05, 0.1) is 43.7 Å². The number of aliphatic hydroxyl groups is 1. The minimum atomic E-state index is -4.36. The van der Waals surface area contributed by atoms with Crippen molar-refractivity contribution in [2.45, 2.75) is 103 Å². The van der Waals surface area contributed by atoms with Gasteiger partial charge in [-0.25, -0.2) is 0 Å². The summed E-state index contributed by atoms with van der Waals surface area (Å²) >= 11 is 0. The molecule has 0 saturated carbocycles. The van der Waals surface area contributed by atoms with Crippen molar-refractivity contribution in [2.24, 2.45) is 0 Å². The van der Waals surface area contributed by atoms with Gasteiger partial charge >= 0.3 is 0 Å². The average molecular weight is 424 g/mol. The van der Waals surface area contributed by atoms with Crippen molar-refractivity contribution in [3.63, 3.8) is 0 Å². The first-order chi connectivity index (χ1) is 13.0. The number of aliphatic hydroxyl groups excluding tert-OH is 1. The van der Waals surface area contributed by atoms with E-state index in [0.29, 0.717) is 13.0 Å².